The van der Waals surface area contributed by atoms with Crippen LogP contribution in [-0.2, 0) is 40.4 Å². The Morgan fingerprint density at radius 3 is 2.33 bits per heavy atom. The number of hydrogen-bond acceptors (Lipinski definition) is 7. The molecule has 3 aliphatic rings. The lowest BCUT2D eigenvalue weighted by Crippen LogP contribution is -2.46. The highest BCUT2D eigenvalue weighted by molar-refractivity contribution is 7.89. The van der Waals surface area contributed by atoms with E-state index < -0.39 is 34.5 Å². The summed E-state index contributed by atoms with van der Waals surface area (Å²) in [5.74, 6) is -2.72. The molecule has 2 N–H and O–H groups in total. The van der Waals surface area contributed by atoms with Gasteiger partial charge in [0.15, 0.2) is 6.61 Å². The molecule has 11 heteroatoms. The van der Waals surface area contributed by atoms with Crippen molar-refractivity contribution >= 4 is 39.4 Å². The standard InChI is InChI=1S/C22H27N3O7S/c1-12-9-14-10-15(33(23,30)31)7-8-18(14)24(12)19(26)11-32-22(29)13(2)25-20(27)16-5-3-4-6-17(16)21(25)28/h7-8,10,12-13,16-17H,3-6,9,11H2,1-2H3,(H2,23,30,31)/t12?,13-,16?,17?/m0/s1. The van der Waals surface area contributed by atoms with Crippen molar-refractivity contribution in [3.05, 3.63) is 23.8 Å². The van der Waals surface area contributed by atoms with Crippen LogP contribution < -0.4 is 10.0 Å². The fraction of sp³-hybridized carbons (Fsp3) is 0.545. The van der Waals surface area contributed by atoms with Crippen LogP contribution in [-0.4, -0.2) is 55.7 Å². The van der Waals surface area contributed by atoms with Gasteiger partial charge in [0.1, 0.15) is 6.04 Å². The van der Waals surface area contributed by atoms with Gasteiger partial charge in [-0.2, -0.15) is 0 Å². The Labute approximate surface area is 192 Å². The molecule has 2 heterocycles. The zero-order valence-corrected chi connectivity index (χ0v) is 19.3. The third kappa shape index (κ3) is 4.15. The van der Waals surface area contributed by atoms with Crippen LogP contribution in [0, 0.1) is 11.8 Å². The van der Waals surface area contributed by atoms with Crippen LogP contribution in [0.4, 0.5) is 5.69 Å². The van der Waals surface area contributed by atoms with Gasteiger partial charge in [0.25, 0.3) is 5.91 Å². The zero-order valence-electron chi connectivity index (χ0n) is 18.5. The van der Waals surface area contributed by atoms with E-state index >= 15 is 0 Å². The Balaban J connectivity index is 1.42. The van der Waals surface area contributed by atoms with Crippen molar-refractivity contribution in [3.8, 4) is 0 Å². The Morgan fingerprint density at radius 1 is 1.15 bits per heavy atom. The molecule has 2 aliphatic heterocycles. The van der Waals surface area contributed by atoms with Crippen LogP contribution in [0.15, 0.2) is 23.1 Å². The summed E-state index contributed by atoms with van der Waals surface area (Å²) in [6.45, 7) is 2.66. The molecule has 4 rings (SSSR count). The van der Waals surface area contributed by atoms with E-state index in [0.717, 1.165) is 17.7 Å². The fourth-order valence-electron chi connectivity index (χ4n) is 5.16. The number of sulfonamides is 1. The van der Waals surface area contributed by atoms with Crippen LogP contribution in [0.25, 0.3) is 0 Å². The molecule has 33 heavy (non-hydrogen) atoms. The molecule has 4 atom stereocenters. The molecule has 0 bridgehead atoms. The third-order valence-corrected chi connectivity index (χ3v) is 7.72. The normalized spacial score (nSPS) is 25.6. The predicted molar refractivity (Wildman–Crippen MR) is 116 cm³/mol. The summed E-state index contributed by atoms with van der Waals surface area (Å²) >= 11 is 0. The highest BCUT2D eigenvalue weighted by atomic mass is 32.2. The number of benzene rings is 1. The number of amides is 3. The number of fused-ring (bicyclic) bond motifs is 2. The van der Waals surface area contributed by atoms with E-state index in [1.807, 2.05) is 0 Å². The van der Waals surface area contributed by atoms with Crippen LogP contribution in [0.1, 0.15) is 45.1 Å². The van der Waals surface area contributed by atoms with E-state index in [2.05, 4.69) is 0 Å². The first-order chi connectivity index (χ1) is 15.5. The maximum atomic E-state index is 12.8. The van der Waals surface area contributed by atoms with Gasteiger partial charge in [0.2, 0.25) is 21.8 Å². The Morgan fingerprint density at radius 2 is 1.76 bits per heavy atom. The molecule has 178 valence electrons. The van der Waals surface area contributed by atoms with Gasteiger partial charge in [-0.15, -0.1) is 0 Å². The van der Waals surface area contributed by atoms with Crippen molar-refractivity contribution in [1.29, 1.82) is 0 Å². The number of likely N-dealkylation sites (tertiary alicyclic amines) is 1. The lowest BCUT2D eigenvalue weighted by molar-refractivity contribution is -0.159. The smallest absolute Gasteiger partial charge is 0.329 e. The maximum Gasteiger partial charge on any atom is 0.329 e. The third-order valence-electron chi connectivity index (χ3n) is 6.81. The SMILES string of the molecule is CC1Cc2cc(S(N)(=O)=O)ccc2N1C(=O)COC(=O)[C@H](C)N1C(=O)C2CCCCC2C1=O. The van der Waals surface area contributed by atoms with E-state index in [-0.39, 0.29) is 34.6 Å². The van der Waals surface area contributed by atoms with E-state index in [4.69, 9.17) is 9.88 Å². The summed E-state index contributed by atoms with van der Waals surface area (Å²) in [5, 5.41) is 5.18. The van der Waals surface area contributed by atoms with Gasteiger partial charge in [-0.1, -0.05) is 12.8 Å². The summed E-state index contributed by atoms with van der Waals surface area (Å²) in [6.07, 6.45) is 3.48. The van der Waals surface area contributed by atoms with Crippen molar-refractivity contribution < 1.29 is 32.3 Å². The van der Waals surface area contributed by atoms with Gasteiger partial charge in [-0.25, -0.2) is 18.4 Å². The average molecular weight is 478 g/mol. The molecule has 1 saturated heterocycles. The summed E-state index contributed by atoms with van der Waals surface area (Å²) in [5.41, 5.74) is 1.18. The second-order valence-corrected chi connectivity index (χ2v) is 10.5. The number of esters is 1. The monoisotopic (exact) mass is 477 g/mol. The van der Waals surface area contributed by atoms with Crippen molar-refractivity contribution in [2.24, 2.45) is 17.0 Å². The first-order valence-corrected chi connectivity index (χ1v) is 12.6. The van der Waals surface area contributed by atoms with E-state index in [9.17, 15) is 27.6 Å². The Kier molecular flexibility index (Phi) is 6.04. The zero-order chi connectivity index (χ0) is 24.1. The number of imide groups is 1. The molecule has 1 saturated carbocycles. The number of nitrogens with zero attached hydrogens (tertiary/aromatic N) is 2. The molecule has 1 aromatic rings. The van der Waals surface area contributed by atoms with Crippen LogP contribution >= 0.6 is 0 Å². The Bertz CT molecular complexity index is 1110. The van der Waals surface area contributed by atoms with Crippen molar-refractivity contribution in [2.75, 3.05) is 11.5 Å². The fourth-order valence-corrected chi connectivity index (χ4v) is 5.73. The molecule has 0 aromatic heterocycles. The molecular weight excluding hydrogens is 450 g/mol. The number of carbonyl (C=O) groups excluding carboxylic acids is 4. The predicted octanol–water partition coefficient (Wildman–Crippen LogP) is 0.718. The van der Waals surface area contributed by atoms with Crippen LogP contribution in [0.2, 0.25) is 0 Å². The summed E-state index contributed by atoms with van der Waals surface area (Å²) in [6, 6.07) is 2.88. The number of anilines is 1. The van der Waals surface area contributed by atoms with E-state index in [1.165, 1.54) is 30.0 Å². The summed E-state index contributed by atoms with van der Waals surface area (Å²) < 4.78 is 28.4. The number of carbonyl (C=O) groups is 4. The number of primary sulfonamides is 1. The molecule has 1 aliphatic carbocycles. The molecule has 3 unspecified atom stereocenters. The summed E-state index contributed by atoms with van der Waals surface area (Å²) in [4.78, 5) is 53.2. The quantitative estimate of drug-likeness (QED) is 0.486. The number of rotatable bonds is 5. The molecule has 2 fully saturated rings. The minimum Gasteiger partial charge on any atom is -0.454 e. The van der Waals surface area contributed by atoms with Gasteiger partial charge < -0.3 is 9.64 Å². The number of hydrogen-bond donors (Lipinski definition) is 1. The minimum atomic E-state index is -3.87. The van der Waals surface area contributed by atoms with Crippen LogP contribution in [0.3, 0.4) is 0 Å². The molecular formula is C22H27N3O7S. The molecule has 1 aromatic carbocycles. The van der Waals surface area contributed by atoms with E-state index in [0.29, 0.717) is 30.5 Å². The molecule has 0 spiro atoms. The number of nitrogens with two attached hydrogens (primary N) is 1. The van der Waals surface area contributed by atoms with Crippen molar-refractivity contribution in [1.82, 2.24) is 4.90 Å². The molecule has 3 amide bonds. The Hall–Kier alpha value is -2.79. The largest absolute Gasteiger partial charge is 0.454 e. The van der Waals surface area contributed by atoms with Crippen molar-refractivity contribution in [3.63, 3.8) is 0 Å². The lowest BCUT2D eigenvalue weighted by atomic mass is 9.81. The highest BCUT2D eigenvalue weighted by Gasteiger charge is 2.51. The topological polar surface area (TPSA) is 144 Å². The first kappa shape index (κ1) is 23.4. The van der Waals surface area contributed by atoms with E-state index in [1.54, 1.807) is 6.92 Å². The van der Waals surface area contributed by atoms with Gasteiger partial charge in [-0.3, -0.25) is 19.3 Å². The highest BCUT2D eigenvalue weighted by Crippen LogP contribution is 2.39. The van der Waals surface area contributed by atoms with Gasteiger partial charge >= 0.3 is 5.97 Å². The second kappa shape index (κ2) is 8.53. The molecule has 0 radical (unpaired) electrons. The lowest BCUT2D eigenvalue weighted by Gasteiger charge is -2.24. The second-order valence-electron chi connectivity index (χ2n) is 8.98. The minimum absolute atomic E-state index is 0.0384. The average Bonchev–Trinajstić information content (AvgIpc) is 3.23. The molecule has 10 nitrogen and oxygen atoms in total. The summed E-state index contributed by atoms with van der Waals surface area (Å²) in [7, 11) is -3.87. The van der Waals surface area contributed by atoms with Crippen molar-refractivity contribution in [2.45, 2.75) is 62.9 Å². The van der Waals surface area contributed by atoms with Crippen LogP contribution in [0.5, 0.6) is 0 Å². The first-order valence-electron chi connectivity index (χ1n) is 11.0. The number of ether oxygens (including phenoxy) is 1. The maximum absolute atomic E-state index is 12.8. The van der Waals surface area contributed by atoms with Gasteiger partial charge in [0.05, 0.1) is 16.7 Å². The van der Waals surface area contributed by atoms with Gasteiger partial charge in [-0.05, 0) is 56.9 Å². The van der Waals surface area contributed by atoms with Gasteiger partial charge in [0, 0.05) is 11.7 Å².